The van der Waals surface area contributed by atoms with Crippen molar-refractivity contribution in [1.82, 2.24) is 15.3 Å². The highest BCUT2D eigenvalue weighted by Crippen LogP contribution is 2.36. The Morgan fingerprint density at radius 3 is 2.65 bits per heavy atom. The van der Waals surface area contributed by atoms with Crippen molar-refractivity contribution in [3.63, 3.8) is 0 Å². The molecule has 2 aromatic carbocycles. The monoisotopic (exact) mass is 619 g/mol. The van der Waals surface area contributed by atoms with Gasteiger partial charge in [-0.05, 0) is 75.9 Å². The molecule has 0 radical (unpaired) electrons. The number of nitrogens with one attached hydrogen (secondary N) is 2. The number of halogens is 4. The number of aromatic nitrogens is 2. The smallest absolute Gasteiger partial charge is 0.417 e. The summed E-state index contributed by atoms with van der Waals surface area (Å²) >= 11 is 5.65. The van der Waals surface area contributed by atoms with Crippen molar-refractivity contribution in [2.45, 2.75) is 64.3 Å². The molecular weight excluding hydrogens is 587 g/mol. The molecule has 43 heavy (non-hydrogen) atoms. The van der Waals surface area contributed by atoms with Crippen LogP contribution in [0.5, 0.6) is 11.6 Å². The fourth-order valence-corrected chi connectivity index (χ4v) is 4.70. The van der Waals surface area contributed by atoms with Crippen LogP contribution >= 0.6 is 11.6 Å². The Hall–Kier alpha value is -4.06. The van der Waals surface area contributed by atoms with Crippen LogP contribution < -0.4 is 20.3 Å². The maximum atomic E-state index is 13.1. The van der Waals surface area contributed by atoms with Crippen molar-refractivity contribution in [1.29, 1.82) is 0 Å². The van der Waals surface area contributed by atoms with Gasteiger partial charge in [-0.3, -0.25) is 4.79 Å². The van der Waals surface area contributed by atoms with Crippen molar-refractivity contribution in [2.75, 3.05) is 23.3 Å². The highest BCUT2D eigenvalue weighted by molar-refractivity contribution is 6.31. The summed E-state index contributed by atoms with van der Waals surface area (Å²) in [7, 11) is 0. The standard InChI is InChI=1S/C30H33ClF3N5O4/c1-29(2,3)43-28(41)37-21-7-5-15-39(18-21)27-35-14-13-26(38-27)42-22-8-4-6-19(16-22)9-12-25(40)36-20-10-11-24(31)23(17-20)30(32,33)34/h4,6,8,10-11,13-14,16-17,21H,5,7,9,12,15,18H2,1-3H3,(H,36,40)(H,37,41). The van der Waals surface area contributed by atoms with Crippen molar-refractivity contribution < 1.29 is 32.2 Å². The molecular formula is C30H33ClF3N5O4. The quantitative estimate of drug-likeness (QED) is 0.279. The fraction of sp³-hybridized carbons (Fsp3) is 0.400. The maximum Gasteiger partial charge on any atom is 0.417 e. The van der Waals surface area contributed by atoms with Gasteiger partial charge in [0.2, 0.25) is 17.7 Å². The summed E-state index contributed by atoms with van der Waals surface area (Å²) in [4.78, 5) is 35.5. The molecule has 3 aromatic rings. The van der Waals surface area contributed by atoms with Crippen LogP contribution in [0, 0.1) is 0 Å². The molecule has 9 nitrogen and oxygen atoms in total. The third-order valence-corrected chi connectivity index (χ3v) is 6.69. The zero-order chi connectivity index (χ0) is 31.2. The number of benzene rings is 2. The molecule has 4 rings (SSSR count). The number of hydrogen-bond acceptors (Lipinski definition) is 7. The van der Waals surface area contributed by atoms with E-state index < -0.39 is 34.4 Å². The molecule has 1 atom stereocenters. The van der Waals surface area contributed by atoms with E-state index in [2.05, 4.69) is 20.6 Å². The molecule has 230 valence electrons. The second kappa shape index (κ2) is 13.5. The predicted molar refractivity (Wildman–Crippen MR) is 157 cm³/mol. The molecule has 2 heterocycles. The summed E-state index contributed by atoms with van der Waals surface area (Å²) < 4.78 is 50.7. The lowest BCUT2D eigenvalue weighted by atomic mass is 10.1. The molecule has 13 heteroatoms. The first-order chi connectivity index (χ1) is 20.2. The Kier molecular flexibility index (Phi) is 10.0. The second-order valence-electron chi connectivity index (χ2n) is 11.1. The number of alkyl carbamates (subject to hydrolysis) is 1. The van der Waals surface area contributed by atoms with E-state index in [-0.39, 0.29) is 18.2 Å². The lowest BCUT2D eigenvalue weighted by Crippen LogP contribution is -2.49. The van der Waals surface area contributed by atoms with Crippen molar-refractivity contribution in [3.05, 3.63) is 70.9 Å². The Bertz CT molecular complexity index is 1450. The first kappa shape index (κ1) is 31.9. The van der Waals surface area contributed by atoms with Gasteiger partial charge in [-0.1, -0.05) is 23.7 Å². The number of carbonyl (C=O) groups excluding carboxylic acids is 2. The second-order valence-corrected chi connectivity index (χ2v) is 11.5. The van der Waals surface area contributed by atoms with Crippen LogP contribution in [0.3, 0.4) is 0 Å². The van der Waals surface area contributed by atoms with Gasteiger partial charge in [-0.2, -0.15) is 18.2 Å². The van der Waals surface area contributed by atoms with E-state index in [1.165, 1.54) is 6.07 Å². The number of ether oxygens (including phenoxy) is 2. The van der Waals surface area contributed by atoms with Crippen molar-refractivity contribution in [2.24, 2.45) is 0 Å². The SMILES string of the molecule is CC(C)(C)OC(=O)NC1CCCN(c2nccc(Oc3cccc(CCC(=O)Nc4ccc(Cl)c(C(F)(F)F)c4)c3)n2)C1. The third kappa shape index (κ3) is 9.74. The summed E-state index contributed by atoms with van der Waals surface area (Å²) in [6, 6.07) is 11.9. The molecule has 1 saturated heterocycles. The average molecular weight is 620 g/mol. The average Bonchev–Trinajstić information content (AvgIpc) is 2.92. The van der Waals surface area contributed by atoms with Crippen LogP contribution in [0.2, 0.25) is 5.02 Å². The first-order valence-corrected chi connectivity index (χ1v) is 14.1. The minimum atomic E-state index is -4.63. The maximum absolute atomic E-state index is 13.1. The Balaban J connectivity index is 1.33. The molecule has 1 aromatic heterocycles. The van der Waals surface area contributed by atoms with Crippen LogP contribution in [0.25, 0.3) is 0 Å². The van der Waals surface area contributed by atoms with Crippen LogP contribution in [0.4, 0.5) is 29.6 Å². The minimum Gasteiger partial charge on any atom is -0.444 e. The molecule has 0 bridgehead atoms. The predicted octanol–water partition coefficient (Wildman–Crippen LogP) is 7.01. The summed E-state index contributed by atoms with van der Waals surface area (Å²) in [5, 5.41) is 4.96. The van der Waals surface area contributed by atoms with Gasteiger partial charge in [0.05, 0.1) is 10.6 Å². The lowest BCUT2D eigenvalue weighted by Gasteiger charge is -2.33. The third-order valence-electron chi connectivity index (χ3n) is 6.36. The first-order valence-electron chi connectivity index (χ1n) is 13.8. The molecule has 2 N–H and O–H groups in total. The van der Waals surface area contributed by atoms with Gasteiger partial charge < -0.3 is 25.0 Å². The van der Waals surface area contributed by atoms with Gasteiger partial charge >= 0.3 is 12.3 Å². The zero-order valence-electron chi connectivity index (χ0n) is 24.0. The molecule has 2 amide bonds. The van der Waals surface area contributed by atoms with E-state index in [1.54, 1.807) is 30.5 Å². The topological polar surface area (TPSA) is 106 Å². The van der Waals surface area contributed by atoms with Crippen molar-refractivity contribution >= 4 is 35.2 Å². The summed E-state index contributed by atoms with van der Waals surface area (Å²) in [5.41, 5.74) is -0.791. The molecule has 0 saturated carbocycles. The number of rotatable bonds is 8. The molecule has 1 aliphatic heterocycles. The number of nitrogens with zero attached hydrogens (tertiary/aromatic N) is 3. The van der Waals surface area contributed by atoms with Gasteiger partial charge in [0.25, 0.3) is 0 Å². The van der Waals surface area contributed by atoms with E-state index in [1.807, 2.05) is 31.7 Å². The van der Waals surface area contributed by atoms with Gasteiger partial charge in [0.1, 0.15) is 11.4 Å². The largest absolute Gasteiger partial charge is 0.444 e. The molecule has 1 fully saturated rings. The van der Waals surface area contributed by atoms with Crippen LogP contribution in [0.15, 0.2) is 54.7 Å². The molecule has 1 unspecified atom stereocenters. The Morgan fingerprint density at radius 1 is 1.12 bits per heavy atom. The zero-order valence-corrected chi connectivity index (χ0v) is 24.8. The van der Waals surface area contributed by atoms with E-state index in [9.17, 15) is 22.8 Å². The fourth-order valence-electron chi connectivity index (χ4n) is 4.48. The van der Waals surface area contributed by atoms with E-state index in [0.29, 0.717) is 30.5 Å². The Labute approximate surface area is 252 Å². The van der Waals surface area contributed by atoms with Crippen LogP contribution in [-0.4, -0.2) is 46.7 Å². The number of amides is 2. The normalized spacial score (nSPS) is 15.5. The van der Waals surface area contributed by atoms with Crippen LogP contribution in [-0.2, 0) is 22.1 Å². The van der Waals surface area contributed by atoms with Gasteiger partial charge in [-0.25, -0.2) is 9.78 Å². The summed E-state index contributed by atoms with van der Waals surface area (Å²) in [5.74, 6) is 0.851. The molecule has 0 spiro atoms. The number of piperidine rings is 1. The Morgan fingerprint density at radius 2 is 1.91 bits per heavy atom. The summed E-state index contributed by atoms with van der Waals surface area (Å²) in [6.07, 6.45) is -1.47. The highest BCUT2D eigenvalue weighted by atomic mass is 35.5. The number of hydrogen-bond donors (Lipinski definition) is 2. The minimum absolute atomic E-state index is 0.0130. The highest BCUT2D eigenvalue weighted by Gasteiger charge is 2.33. The molecule has 1 aliphatic rings. The van der Waals surface area contributed by atoms with E-state index >= 15 is 0 Å². The summed E-state index contributed by atoms with van der Waals surface area (Å²) in [6.45, 7) is 6.68. The lowest BCUT2D eigenvalue weighted by molar-refractivity contribution is -0.137. The van der Waals surface area contributed by atoms with Crippen LogP contribution in [0.1, 0.15) is 51.2 Å². The number of anilines is 2. The van der Waals surface area contributed by atoms with Crippen molar-refractivity contribution in [3.8, 4) is 11.6 Å². The molecule has 0 aliphatic carbocycles. The number of carbonyl (C=O) groups is 2. The van der Waals surface area contributed by atoms with Gasteiger partial charge in [0, 0.05) is 43.5 Å². The number of alkyl halides is 3. The van der Waals surface area contributed by atoms with Gasteiger partial charge in [0.15, 0.2) is 0 Å². The van der Waals surface area contributed by atoms with Gasteiger partial charge in [-0.15, -0.1) is 0 Å². The van der Waals surface area contributed by atoms with E-state index in [0.717, 1.165) is 37.1 Å². The van der Waals surface area contributed by atoms with E-state index in [4.69, 9.17) is 21.1 Å². The number of aryl methyl sites for hydroxylation is 1.